The molecule has 2 aliphatic carbocycles. The molecule has 2 fully saturated rings. The third kappa shape index (κ3) is 0.834. The number of aliphatic imine (C=N–C) groups is 1. The van der Waals surface area contributed by atoms with Gasteiger partial charge in [-0.15, -0.1) is 0 Å². The zero-order valence-corrected chi connectivity index (χ0v) is 6.78. The summed E-state index contributed by atoms with van der Waals surface area (Å²) in [4.78, 5) is 4.28. The molecule has 0 aliphatic heterocycles. The van der Waals surface area contributed by atoms with Crippen molar-refractivity contribution in [2.75, 3.05) is 0 Å². The Hall–Kier alpha value is -0.200. The number of fused-ring (bicyclic) bond motifs is 2. The zero-order chi connectivity index (χ0) is 7.03. The summed E-state index contributed by atoms with van der Waals surface area (Å²) in [5.41, 5.74) is 0.270. The van der Waals surface area contributed by atoms with Crippen molar-refractivity contribution in [1.82, 2.24) is 0 Å². The Balaban J connectivity index is 2.22. The fraction of sp³-hybridized carbons (Fsp3) is 0.875. The maximum absolute atomic E-state index is 4.63. The lowest BCUT2D eigenvalue weighted by atomic mass is 9.95. The van der Waals surface area contributed by atoms with Crippen LogP contribution in [0.15, 0.2) is 4.99 Å². The molecule has 0 N–H and O–H groups in total. The van der Waals surface area contributed by atoms with Gasteiger partial charge in [0.15, 0.2) is 0 Å². The number of hydrogen-bond acceptors (Lipinski definition) is 2. The van der Waals surface area contributed by atoms with Gasteiger partial charge in [-0.25, -0.2) is 4.99 Å². The maximum Gasteiger partial charge on any atom is 0.0713 e. The van der Waals surface area contributed by atoms with E-state index in [1.165, 1.54) is 32.1 Å². The average molecular weight is 153 g/mol. The third-order valence-corrected chi connectivity index (χ3v) is 3.08. The van der Waals surface area contributed by atoms with Gasteiger partial charge in [0, 0.05) is 0 Å². The molecule has 0 heterocycles. The predicted octanol–water partition coefficient (Wildman–Crippen LogP) is 2.42. The predicted molar refractivity (Wildman–Crippen MR) is 44.3 cm³/mol. The molecule has 0 spiro atoms. The normalized spacial score (nSPS) is 43.4. The van der Waals surface area contributed by atoms with Crippen LogP contribution in [0.2, 0.25) is 0 Å². The molecular formula is C8H11NS. The first kappa shape index (κ1) is 6.51. The van der Waals surface area contributed by atoms with Gasteiger partial charge in [-0.2, -0.15) is 0 Å². The Morgan fingerprint density at radius 1 is 1.40 bits per heavy atom. The van der Waals surface area contributed by atoms with Gasteiger partial charge in [0.05, 0.1) is 10.7 Å². The van der Waals surface area contributed by atoms with E-state index in [1.54, 1.807) is 0 Å². The average Bonchev–Trinajstić information content (AvgIpc) is 2.46. The van der Waals surface area contributed by atoms with Crippen molar-refractivity contribution >= 4 is 17.4 Å². The fourth-order valence-electron chi connectivity index (χ4n) is 2.41. The molecule has 2 aliphatic rings. The monoisotopic (exact) mass is 153 g/mol. The van der Waals surface area contributed by atoms with Crippen LogP contribution in [0, 0.1) is 5.92 Å². The standard InChI is InChI=1S/C8H11NS/c10-6-9-8-3-1-7(5-8)2-4-8/h7H,1-5H2. The van der Waals surface area contributed by atoms with Crippen LogP contribution in [0.25, 0.3) is 0 Å². The van der Waals surface area contributed by atoms with Crippen LogP contribution in [0.1, 0.15) is 32.1 Å². The summed E-state index contributed by atoms with van der Waals surface area (Å²) in [5, 5.41) is 2.54. The molecule has 54 valence electrons. The molecule has 2 bridgehead atoms. The van der Waals surface area contributed by atoms with E-state index in [1.807, 2.05) is 0 Å². The highest BCUT2D eigenvalue weighted by atomic mass is 32.1. The molecule has 2 rings (SSSR count). The summed E-state index contributed by atoms with van der Waals surface area (Å²) in [7, 11) is 0. The summed E-state index contributed by atoms with van der Waals surface area (Å²) in [6, 6.07) is 0. The van der Waals surface area contributed by atoms with Gasteiger partial charge < -0.3 is 0 Å². The van der Waals surface area contributed by atoms with Crippen LogP contribution < -0.4 is 0 Å². The van der Waals surface area contributed by atoms with Gasteiger partial charge in [0.2, 0.25) is 0 Å². The molecule has 0 atom stereocenters. The number of rotatable bonds is 1. The molecular weight excluding hydrogens is 142 g/mol. The SMILES string of the molecule is S=C=NC12CCC(CC1)C2. The van der Waals surface area contributed by atoms with E-state index >= 15 is 0 Å². The van der Waals surface area contributed by atoms with Gasteiger partial charge in [0.25, 0.3) is 0 Å². The van der Waals surface area contributed by atoms with Crippen molar-refractivity contribution in [3.63, 3.8) is 0 Å². The highest BCUT2D eigenvalue weighted by molar-refractivity contribution is 7.78. The summed E-state index contributed by atoms with van der Waals surface area (Å²) in [6.07, 6.45) is 6.57. The number of hydrogen-bond donors (Lipinski definition) is 0. The van der Waals surface area contributed by atoms with Gasteiger partial charge in [-0.3, -0.25) is 0 Å². The van der Waals surface area contributed by atoms with Crippen molar-refractivity contribution < 1.29 is 0 Å². The molecule has 0 amide bonds. The van der Waals surface area contributed by atoms with Crippen molar-refractivity contribution in [3.8, 4) is 0 Å². The van der Waals surface area contributed by atoms with Gasteiger partial charge in [0.1, 0.15) is 0 Å². The van der Waals surface area contributed by atoms with Crippen LogP contribution in [-0.4, -0.2) is 10.7 Å². The molecule has 0 aromatic carbocycles. The van der Waals surface area contributed by atoms with E-state index in [0.29, 0.717) is 0 Å². The molecule has 2 saturated carbocycles. The van der Waals surface area contributed by atoms with Gasteiger partial charge >= 0.3 is 0 Å². The topological polar surface area (TPSA) is 12.4 Å². The summed E-state index contributed by atoms with van der Waals surface area (Å²) in [5.74, 6) is 0.965. The van der Waals surface area contributed by atoms with Crippen LogP contribution in [0.4, 0.5) is 0 Å². The van der Waals surface area contributed by atoms with Gasteiger partial charge in [-0.05, 0) is 50.2 Å². The van der Waals surface area contributed by atoms with Gasteiger partial charge in [-0.1, -0.05) is 0 Å². The van der Waals surface area contributed by atoms with Crippen molar-refractivity contribution in [1.29, 1.82) is 0 Å². The smallest absolute Gasteiger partial charge is 0.0713 e. The van der Waals surface area contributed by atoms with Crippen molar-refractivity contribution in [2.45, 2.75) is 37.6 Å². The molecule has 1 nitrogen and oxygen atoms in total. The Kier molecular flexibility index (Phi) is 1.40. The van der Waals surface area contributed by atoms with Crippen LogP contribution >= 0.6 is 12.2 Å². The van der Waals surface area contributed by atoms with E-state index in [2.05, 4.69) is 22.4 Å². The Morgan fingerprint density at radius 3 is 2.50 bits per heavy atom. The second kappa shape index (κ2) is 2.14. The van der Waals surface area contributed by atoms with E-state index in [0.717, 1.165) is 5.92 Å². The first-order valence-corrected chi connectivity index (χ1v) is 4.34. The van der Waals surface area contributed by atoms with Crippen molar-refractivity contribution in [3.05, 3.63) is 0 Å². The molecule has 0 aromatic rings. The minimum absolute atomic E-state index is 0.270. The quantitative estimate of drug-likeness (QED) is 0.416. The van der Waals surface area contributed by atoms with Crippen LogP contribution in [0.3, 0.4) is 0 Å². The fourth-order valence-corrected chi connectivity index (χ4v) is 2.61. The van der Waals surface area contributed by atoms with Crippen LogP contribution in [0.5, 0.6) is 0 Å². The molecule has 10 heavy (non-hydrogen) atoms. The van der Waals surface area contributed by atoms with Crippen molar-refractivity contribution in [2.24, 2.45) is 10.9 Å². The summed E-state index contributed by atoms with van der Waals surface area (Å²) >= 11 is 4.63. The third-order valence-electron chi connectivity index (χ3n) is 2.99. The highest BCUT2D eigenvalue weighted by Gasteiger charge is 2.44. The Labute approximate surface area is 66.5 Å². The molecule has 0 unspecified atom stereocenters. The minimum atomic E-state index is 0.270. The molecule has 0 aromatic heterocycles. The Bertz CT molecular complexity index is 185. The number of isothiocyanates is 1. The van der Waals surface area contributed by atoms with Crippen LogP contribution in [-0.2, 0) is 0 Å². The number of thiocarbonyl (C=S) groups is 1. The second-order valence-electron chi connectivity index (χ2n) is 3.57. The second-order valence-corrected chi connectivity index (χ2v) is 3.76. The van der Waals surface area contributed by atoms with E-state index in [4.69, 9.17) is 0 Å². The lowest BCUT2D eigenvalue weighted by Gasteiger charge is -2.18. The largest absolute Gasteiger partial charge is 0.226 e. The number of nitrogens with zero attached hydrogens (tertiary/aromatic N) is 1. The Morgan fingerprint density at radius 2 is 2.10 bits per heavy atom. The first-order valence-electron chi connectivity index (χ1n) is 3.94. The minimum Gasteiger partial charge on any atom is -0.226 e. The molecule has 0 radical (unpaired) electrons. The van der Waals surface area contributed by atoms with E-state index in [9.17, 15) is 0 Å². The lowest BCUT2D eigenvalue weighted by Crippen LogP contribution is -2.18. The van der Waals surface area contributed by atoms with E-state index < -0.39 is 0 Å². The molecule has 2 heteroatoms. The van der Waals surface area contributed by atoms with E-state index in [-0.39, 0.29) is 5.54 Å². The first-order chi connectivity index (χ1) is 4.85. The summed E-state index contributed by atoms with van der Waals surface area (Å²) in [6.45, 7) is 0. The highest BCUT2D eigenvalue weighted by Crippen LogP contribution is 2.49. The summed E-state index contributed by atoms with van der Waals surface area (Å²) < 4.78 is 0. The molecule has 0 saturated heterocycles. The zero-order valence-electron chi connectivity index (χ0n) is 5.97. The maximum atomic E-state index is 4.63. The lowest BCUT2D eigenvalue weighted by molar-refractivity contribution is 0.423.